The van der Waals surface area contributed by atoms with E-state index in [1.807, 2.05) is 0 Å². The molecule has 0 heterocycles. The van der Waals surface area contributed by atoms with Gasteiger partial charge in [-0.3, -0.25) is 4.99 Å². The van der Waals surface area contributed by atoms with Gasteiger partial charge in [0.05, 0.1) is 6.54 Å². The van der Waals surface area contributed by atoms with Crippen LogP contribution in [-0.4, -0.2) is 18.8 Å². The molecule has 1 atom stereocenters. The SMILES string of the molecule is CC(C=O)CN=C(N)N. The summed E-state index contributed by atoms with van der Waals surface area (Å²) in [6.07, 6.45) is 0.812. The molecule has 4 nitrogen and oxygen atoms in total. The number of hydrogen-bond donors (Lipinski definition) is 2. The topological polar surface area (TPSA) is 81.5 Å². The average Bonchev–Trinajstić information content (AvgIpc) is 1.83. The highest BCUT2D eigenvalue weighted by atomic mass is 16.1. The fourth-order valence-electron chi connectivity index (χ4n) is 0.292. The second kappa shape index (κ2) is 3.88. The second-order valence-corrected chi connectivity index (χ2v) is 1.88. The molecule has 0 rings (SSSR count). The largest absolute Gasteiger partial charge is 0.370 e. The van der Waals surface area contributed by atoms with Gasteiger partial charge in [-0.15, -0.1) is 0 Å². The van der Waals surface area contributed by atoms with Crippen molar-refractivity contribution in [2.24, 2.45) is 22.4 Å². The molecule has 0 aliphatic rings. The molecule has 0 radical (unpaired) electrons. The molecule has 0 aliphatic carbocycles. The van der Waals surface area contributed by atoms with Crippen LogP contribution in [0.3, 0.4) is 0 Å². The van der Waals surface area contributed by atoms with Gasteiger partial charge in [0.1, 0.15) is 6.29 Å². The Labute approximate surface area is 53.9 Å². The molecule has 0 amide bonds. The molecule has 0 aromatic rings. The van der Waals surface area contributed by atoms with E-state index >= 15 is 0 Å². The third-order valence-corrected chi connectivity index (χ3v) is 0.794. The lowest BCUT2D eigenvalue weighted by atomic mass is 10.2. The summed E-state index contributed by atoms with van der Waals surface area (Å²) in [6, 6.07) is 0. The van der Waals surface area contributed by atoms with Crippen molar-refractivity contribution in [2.45, 2.75) is 6.92 Å². The minimum atomic E-state index is -0.0906. The van der Waals surface area contributed by atoms with Crippen LogP contribution in [0.5, 0.6) is 0 Å². The first-order valence-corrected chi connectivity index (χ1v) is 2.67. The Bertz CT molecular complexity index is 117. The summed E-state index contributed by atoms with van der Waals surface area (Å²) in [5, 5.41) is 0. The fourth-order valence-corrected chi connectivity index (χ4v) is 0.292. The van der Waals surface area contributed by atoms with Crippen molar-refractivity contribution >= 4 is 12.2 Å². The number of nitrogens with two attached hydrogens (primary N) is 2. The normalized spacial score (nSPS) is 12.1. The lowest BCUT2D eigenvalue weighted by Gasteiger charge is -1.95. The Morgan fingerprint density at radius 3 is 2.67 bits per heavy atom. The molecule has 0 aromatic heterocycles. The molecular weight excluding hydrogens is 118 g/mol. The molecule has 0 saturated carbocycles. The first-order valence-electron chi connectivity index (χ1n) is 2.67. The zero-order valence-corrected chi connectivity index (χ0v) is 5.37. The summed E-state index contributed by atoms with van der Waals surface area (Å²) in [4.78, 5) is 13.6. The lowest BCUT2D eigenvalue weighted by molar-refractivity contribution is -0.110. The van der Waals surface area contributed by atoms with Crippen LogP contribution < -0.4 is 11.5 Å². The van der Waals surface area contributed by atoms with E-state index in [9.17, 15) is 4.79 Å². The highest BCUT2D eigenvalue weighted by Crippen LogP contribution is 1.87. The van der Waals surface area contributed by atoms with E-state index in [4.69, 9.17) is 11.5 Å². The molecular formula is C5H11N3O. The van der Waals surface area contributed by atoms with Gasteiger partial charge >= 0.3 is 0 Å². The van der Waals surface area contributed by atoms with E-state index in [-0.39, 0.29) is 11.9 Å². The number of nitrogens with zero attached hydrogens (tertiary/aromatic N) is 1. The standard InChI is InChI=1S/C5H11N3O/c1-4(3-9)2-8-5(6)7/h3-4H,2H2,1H3,(H4,6,7,8). The highest BCUT2D eigenvalue weighted by Gasteiger charge is 1.95. The van der Waals surface area contributed by atoms with Gasteiger partial charge in [0.15, 0.2) is 5.96 Å². The number of carbonyl (C=O) groups excluding carboxylic acids is 1. The van der Waals surface area contributed by atoms with E-state index < -0.39 is 0 Å². The van der Waals surface area contributed by atoms with Gasteiger partial charge in [-0.25, -0.2) is 0 Å². The van der Waals surface area contributed by atoms with Crippen LogP contribution in [0, 0.1) is 5.92 Å². The minimum absolute atomic E-state index is 0.0312. The van der Waals surface area contributed by atoms with Gasteiger partial charge in [0.25, 0.3) is 0 Å². The maximum absolute atomic E-state index is 9.97. The van der Waals surface area contributed by atoms with Crippen molar-refractivity contribution in [3.05, 3.63) is 0 Å². The molecule has 52 valence electrons. The first-order chi connectivity index (χ1) is 4.16. The quantitative estimate of drug-likeness (QED) is 0.294. The van der Waals surface area contributed by atoms with Gasteiger partial charge in [-0.2, -0.15) is 0 Å². The van der Waals surface area contributed by atoms with Gasteiger partial charge < -0.3 is 16.3 Å². The van der Waals surface area contributed by atoms with E-state index in [1.54, 1.807) is 6.92 Å². The van der Waals surface area contributed by atoms with E-state index in [0.29, 0.717) is 6.54 Å². The Morgan fingerprint density at radius 2 is 2.33 bits per heavy atom. The van der Waals surface area contributed by atoms with Crippen LogP contribution in [0.4, 0.5) is 0 Å². The third-order valence-electron chi connectivity index (χ3n) is 0.794. The molecule has 0 aliphatic heterocycles. The molecule has 0 bridgehead atoms. The fraction of sp³-hybridized carbons (Fsp3) is 0.600. The smallest absolute Gasteiger partial charge is 0.185 e. The molecule has 0 spiro atoms. The molecule has 0 fully saturated rings. The van der Waals surface area contributed by atoms with Crippen molar-refractivity contribution in [1.29, 1.82) is 0 Å². The minimum Gasteiger partial charge on any atom is -0.370 e. The van der Waals surface area contributed by atoms with Gasteiger partial charge in [-0.1, -0.05) is 6.92 Å². The highest BCUT2D eigenvalue weighted by molar-refractivity contribution is 5.75. The van der Waals surface area contributed by atoms with E-state index in [0.717, 1.165) is 6.29 Å². The van der Waals surface area contributed by atoms with Crippen LogP contribution in [-0.2, 0) is 4.79 Å². The number of carbonyl (C=O) groups is 1. The summed E-state index contributed by atoms with van der Waals surface area (Å²) < 4.78 is 0. The third kappa shape index (κ3) is 4.80. The van der Waals surface area contributed by atoms with Crippen molar-refractivity contribution in [1.82, 2.24) is 0 Å². The van der Waals surface area contributed by atoms with Crippen molar-refractivity contribution in [3.8, 4) is 0 Å². The Morgan fingerprint density at radius 1 is 1.78 bits per heavy atom. The molecule has 4 N–H and O–H groups in total. The monoisotopic (exact) mass is 129 g/mol. The number of hydrogen-bond acceptors (Lipinski definition) is 2. The molecule has 4 heteroatoms. The summed E-state index contributed by atoms with van der Waals surface area (Å²) in [7, 11) is 0. The summed E-state index contributed by atoms with van der Waals surface area (Å²) in [6.45, 7) is 2.13. The number of aliphatic imine (C=N–C) groups is 1. The Hall–Kier alpha value is -1.06. The predicted molar refractivity (Wildman–Crippen MR) is 35.9 cm³/mol. The number of aldehydes is 1. The van der Waals surface area contributed by atoms with Crippen molar-refractivity contribution in [3.63, 3.8) is 0 Å². The van der Waals surface area contributed by atoms with Crippen molar-refractivity contribution < 1.29 is 4.79 Å². The molecule has 1 unspecified atom stereocenters. The lowest BCUT2D eigenvalue weighted by Crippen LogP contribution is -2.23. The molecule has 0 saturated heterocycles. The predicted octanol–water partition coefficient (Wildman–Crippen LogP) is -0.905. The number of rotatable bonds is 3. The van der Waals surface area contributed by atoms with Crippen molar-refractivity contribution in [2.75, 3.05) is 6.54 Å². The average molecular weight is 129 g/mol. The van der Waals surface area contributed by atoms with Crippen LogP contribution in [0.1, 0.15) is 6.92 Å². The van der Waals surface area contributed by atoms with Gasteiger partial charge in [-0.05, 0) is 0 Å². The van der Waals surface area contributed by atoms with Gasteiger partial charge in [0.2, 0.25) is 0 Å². The van der Waals surface area contributed by atoms with Crippen LogP contribution in [0.15, 0.2) is 4.99 Å². The zero-order chi connectivity index (χ0) is 7.28. The number of guanidine groups is 1. The molecule has 9 heavy (non-hydrogen) atoms. The van der Waals surface area contributed by atoms with Crippen LogP contribution >= 0.6 is 0 Å². The first kappa shape index (κ1) is 7.94. The summed E-state index contributed by atoms with van der Waals surface area (Å²) >= 11 is 0. The van der Waals surface area contributed by atoms with E-state index in [2.05, 4.69) is 4.99 Å². The van der Waals surface area contributed by atoms with Gasteiger partial charge in [0, 0.05) is 5.92 Å². The zero-order valence-electron chi connectivity index (χ0n) is 5.37. The van der Waals surface area contributed by atoms with Crippen LogP contribution in [0.25, 0.3) is 0 Å². The summed E-state index contributed by atoms with van der Waals surface area (Å²) in [5.74, 6) is -0.0594. The summed E-state index contributed by atoms with van der Waals surface area (Å²) in [5.41, 5.74) is 10.0. The Balaban J connectivity index is 3.49. The van der Waals surface area contributed by atoms with Crippen LogP contribution in [0.2, 0.25) is 0 Å². The maximum Gasteiger partial charge on any atom is 0.185 e. The van der Waals surface area contributed by atoms with E-state index in [1.165, 1.54) is 0 Å². The maximum atomic E-state index is 9.97. The second-order valence-electron chi connectivity index (χ2n) is 1.88. The Kier molecular flexibility index (Phi) is 3.43. The molecule has 0 aromatic carbocycles.